The number of carbonyl (C=O) groups is 1. The summed E-state index contributed by atoms with van der Waals surface area (Å²) in [6, 6.07) is 6.36. The Morgan fingerprint density at radius 3 is 2.69 bits per heavy atom. The third-order valence-electron chi connectivity index (χ3n) is 5.37. The van der Waals surface area contributed by atoms with Gasteiger partial charge in [-0.15, -0.1) is 0 Å². The van der Waals surface area contributed by atoms with Crippen molar-refractivity contribution in [2.45, 2.75) is 57.0 Å². The van der Waals surface area contributed by atoms with Crippen LogP contribution in [-0.2, 0) is 21.2 Å². The molecule has 7 heteroatoms. The van der Waals surface area contributed by atoms with E-state index in [1.54, 1.807) is 12.1 Å². The summed E-state index contributed by atoms with van der Waals surface area (Å²) >= 11 is 0. The standard InChI is InChI=1S/C19H30N2O4S/c1-13(2)17-8-7-14(3)12-19(17,23)18(22)21-10-9-15-5-4-6-16(11-15)26(20,24)25/h4-6,11,13-14,17,23H,7-10,12H2,1-3H3,(H,21,22)(H2,20,24,25)/t14-,17+,19+/m1/s1. The van der Waals surface area contributed by atoms with Crippen molar-refractivity contribution >= 4 is 15.9 Å². The van der Waals surface area contributed by atoms with Crippen LogP contribution in [0.2, 0.25) is 0 Å². The quantitative estimate of drug-likeness (QED) is 0.697. The molecule has 26 heavy (non-hydrogen) atoms. The summed E-state index contributed by atoms with van der Waals surface area (Å²) < 4.78 is 22.8. The highest BCUT2D eigenvalue weighted by Gasteiger charge is 2.48. The van der Waals surface area contributed by atoms with Crippen LogP contribution in [0, 0.1) is 17.8 Å². The summed E-state index contributed by atoms with van der Waals surface area (Å²) in [5.41, 5.74) is -0.574. The van der Waals surface area contributed by atoms with Crippen molar-refractivity contribution in [2.75, 3.05) is 6.54 Å². The fraction of sp³-hybridized carbons (Fsp3) is 0.632. The van der Waals surface area contributed by atoms with Crippen LogP contribution < -0.4 is 10.5 Å². The minimum absolute atomic E-state index is 0.0515. The lowest BCUT2D eigenvalue weighted by Gasteiger charge is -2.43. The van der Waals surface area contributed by atoms with Crippen LogP contribution in [-0.4, -0.2) is 31.6 Å². The van der Waals surface area contributed by atoms with E-state index in [9.17, 15) is 18.3 Å². The summed E-state index contributed by atoms with van der Waals surface area (Å²) in [5.74, 6) is 0.159. The van der Waals surface area contributed by atoms with Crippen LogP contribution in [0.3, 0.4) is 0 Å². The number of sulfonamides is 1. The maximum absolute atomic E-state index is 12.7. The molecule has 2 rings (SSSR count). The van der Waals surface area contributed by atoms with Gasteiger partial charge in [0.1, 0.15) is 5.60 Å². The molecule has 0 radical (unpaired) electrons. The van der Waals surface area contributed by atoms with Crippen LogP contribution in [0.5, 0.6) is 0 Å². The second kappa shape index (κ2) is 8.06. The lowest BCUT2D eigenvalue weighted by Crippen LogP contribution is -2.56. The molecule has 0 aliphatic heterocycles. The van der Waals surface area contributed by atoms with Gasteiger partial charge in [0.2, 0.25) is 10.0 Å². The summed E-state index contributed by atoms with van der Waals surface area (Å²) in [6.07, 6.45) is 2.81. The second-order valence-electron chi connectivity index (χ2n) is 7.86. The smallest absolute Gasteiger partial charge is 0.252 e. The first kappa shape index (κ1) is 20.9. The average Bonchev–Trinajstić information content (AvgIpc) is 2.53. The number of carbonyl (C=O) groups excluding carboxylic acids is 1. The molecule has 0 spiro atoms. The van der Waals surface area contributed by atoms with Gasteiger partial charge < -0.3 is 10.4 Å². The van der Waals surface area contributed by atoms with E-state index in [1.165, 1.54) is 12.1 Å². The number of amides is 1. The highest BCUT2D eigenvalue weighted by molar-refractivity contribution is 7.89. The fourth-order valence-electron chi connectivity index (χ4n) is 3.98. The van der Waals surface area contributed by atoms with Gasteiger partial charge in [0.25, 0.3) is 5.91 Å². The molecule has 0 saturated heterocycles. The average molecular weight is 383 g/mol. The third-order valence-corrected chi connectivity index (χ3v) is 6.28. The van der Waals surface area contributed by atoms with E-state index in [2.05, 4.69) is 12.2 Å². The summed E-state index contributed by atoms with van der Waals surface area (Å²) in [5, 5.41) is 19.1. The zero-order valence-corrected chi connectivity index (χ0v) is 16.6. The van der Waals surface area contributed by atoms with E-state index in [0.717, 1.165) is 18.4 Å². The predicted octanol–water partition coefficient (Wildman–Crippen LogP) is 1.82. The minimum Gasteiger partial charge on any atom is -0.380 e. The number of nitrogens with two attached hydrogens (primary N) is 1. The summed E-state index contributed by atoms with van der Waals surface area (Å²) in [6.45, 7) is 6.47. The molecule has 1 aromatic carbocycles. The van der Waals surface area contributed by atoms with Crippen molar-refractivity contribution in [3.05, 3.63) is 29.8 Å². The highest BCUT2D eigenvalue weighted by atomic mass is 32.2. The van der Waals surface area contributed by atoms with Crippen molar-refractivity contribution in [1.82, 2.24) is 5.32 Å². The molecular formula is C19H30N2O4S. The molecule has 1 saturated carbocycles. The van der Waals surface area contributed by atoms with Crippen molar-refractivity contribution in [3.8, 4) is 0 Å². The number of hydrogen-bond donors (Lipinski definition) is 3. The molecule has 1 amide bonds. The maximum Gasteiger partial charge on any atom is 0.252 e. The molecule has 6 nitrogen and oxygen atoms in total. The zero-order chi connectivity index (χ0) is 19.5. The Balaban J connectivity index is 2.01. The zero-order valence-electron chi connectivity index (χ0n) is 15.7. The van der Waals surface area contributed by atoms with Gasteiger partial charge in [0.15, 0.2) is 0 Å². The Labute approximate surface area is 156 Å². The van der Waals surface area contributed by atoms with Crippen molar-refractivity contribution < 1.29 is 18.3 Å². The highest BCUT2D eigenvalue weighted by Crippen LogP contribution is 2.41. The first-order valence-corrected chi connectivity index (χ1v) is 10.7. The second-order valence-corrected chi connectivity index (χ2v) is 9.42. The molecule has 1 aromatic rings. The number of rotatable bonds is 6. The van der Waals surface area contributed by atoms with E-state index in [0.29, 0.717) is 25.3 Å². The van der Waals surface area contributed by atoms with Crippen LogP contribution in [0.25, 0.3) is 0 Å². The molecule has 146 valence electrons. The van der Waals surface area contributed by atoms with Gasteiger partial charge in [-0.25, -0.2) is 13.6 Å². The van der Waals surface area contributed by atoms with E-state index < -0.39 is 15.6 Å². The number of benzene rings is 1. The van der Waals surface area contributed by atoms with E-state index in [4.69, 9.17) is 5.14 Å². The summed E-state index contributed by atoms with van der Waals surface area (Å²) in [4.78, 5) is 12.8. The number of nitrogens with one attached hydrogen (secondary N) is 1. The van der Waals surface area contributed by atoms with Gasteiger partial charge in [0, 0.05) is 6.54 Å². The first-order valence-electron chi connectivity index (χ1n) is 9.16. The molecule has 1 aliphatic carbocycles. The Kier molecular flexibility index (Phi) is 6.47. The number of aliphatic hydroxyl groups is 1. The SMILES string of the molecule is CC(C)[C@@H]1CC[C@@H](C)C[C@@]1(O)C(=O)NCCc1cccc(S(N)(=O)=O)c1. The topological polar surface area (TPSA) is 109 Å². The normalized spacial score (nSPS) is 26.7. The van der Waals surface area contributed by atoms with Crippen LogP contribution >= 0.6 is 0 Å². The van der Waals surface area contributed by atoms with Gasteiger partial charge in [-0.05, 0) is 54.7 Å². The molecule has 0 bridgehead atoms. The van der Waals surface area contributed by atoms with Crippen LogP contribution in [0.4, 0.5) is 0 Å². The molecule has 0 unspecified atom stereocenters. The Hall–Kier alpha value is -1.44. The Bertz CT molecular complexity index is 748. The van der Waals surface area contributed by atoms with E-state index >= 15 is 0 Å². The predicted molar refractivity (Wildman–Crippen MR) is 101 cm³/mol. The number of primary sulfonamides is 1. The van der Waals surface area contributed by atoms with Gasteiger partial charge in [-0.1, -0.05) is 39.3 Å². The van der Waals surface area contributed by atoms with Crippen molar-refractivity contribution in [1.29, 1.82) is 0 Å². The van der Waals surface area contributed by atoms with Crippen LogP contribution in [0.15, 0.2) is 29.2 Å². The molecule has 3 atom stereocenters. The van der Waals surface area contributed by atoms with Gasteiger partial charge in [-0.2, -0.15) is 0 Å². The maximum atomic E-state index is 12.7. The van der Waals surface area contributed by atoms with Crippen LogP contribution in [0.1, 0.15) is 45.6 Å². The Morgan fingerprint density at radius 1 is 1.38 bits per heavy atom. The van der Waals surface area contributed by atoms with E-state index in [1.807, 2.05) is 13.8 Å². The van der Waals surface area contributed by atoms with Crippen molar-refractivity contribution in [3.63, 3.8) is 0 Å². The molecular weight excluding hydrogens is 352 g/mol. The summed E-state index contributed by atoms with van der Waals surface area (Å²) in [7, 11) is -3.74. The lowest BCUT2D eigenvalue weighted by molar-refractivity contribution is -0.155. The lowest BCUT2D eigenvalue weighted by atomic mass is 9.66. The van der Waals surface area contributed by atoms with Gasteiger partial charge in [0.05, 0.1) is 4.90 Å². The van der Waals surface area contributed by atoms with Gasteiger partial charge >= 0.3 is 0 Å². The fourth-order valence-corrected chi connectivity index (χ4v) is 4.57. The molecule has 4 N–H and O–H groups in total. The van der Waals surface area contributed by atoms with Crippen molar-refractivity contribution in [2.24, 2.45) is 22.9 Å². The molecule has 1 aliphatic rings. The number of hydrogen-bond acceptors (Lipinski definition) is 4. The Morgan fingerprint density at radius 2 is 2.08 bits per heavy atom. The monoisotopic (exact) mass is 382 g/mol. The van der Waals surface area contributed by atoms with E-state index in [-0.39, 0.29) is 22.6 Å². The molecule has 0 aromatic heterocycles. The largest absolute Gasteiger partial charge is 0.380 e. The first-order chi connectivity index (χ1) is 12.0. The van der Waals surface area contributed by atoms with Gasteiger partial charge in [-0.3, -0.25) is 4.79 Å². The molecule has 0 heterocycles. The minimum atomic E-state index is -3.74. The third kappa shape index (κ3) is 4.84. The molecule has 1 fully saturated rings.